The predicted molar refractivity (Wildman–Crippen MR) is 340 cm³/mol. The molecule has 10 amide bonds. The zero-order chi connectivity index (χ0) is 66.2. The Morgan fingerprint density at radius 2 is 1.39 bits per heavy atom. The van der Waals surface area contributed by atoms with Crippen molar-refractivity contribution in [2.45, 2.75) is 138 Å². The molecule has 5 heterocycles. The third-order valence-corrected chi connectivity index (χ3v) is 17.9. The van der Waals surface area contributed by atoms with Crippen molar-refractivity contribution >= 4 is 81.7 Å². The second kappa shape index (κ2) is 35.3. The molecule has 1 unspecified atom stereocenters. The standard InChI is InChI=1S/C64H83FN14O13S/c1-78-35-42(45-13-5-6-15-52(45)78)31-41-32-53(80)47(29-39-11-3-2-4-12-39)71-63(88)50(34-55(66)81)73-62(87)49(69-57(83)37-92-28-27-91-26-25-90-24-22-68-56(82)17-8-7-16-54-58-51(38-93-54)74-64(89)75-58)33-44-36-79(77-76-44)23-10-9-14-46(59(67)84)70-61(86)48(72-60(41)85)30-40-18-20-43(65)21-19-40/h2-6,11-13,15,18-21,35-36,41,46-51,54,58H,7-10,14,16-17,22-34,37-38H2,1H3,(H2,66,81)(H2,67,84)(H,68,82)(H,69,83)(H,70,86)(H,71,88)(H,72,85)(H,73,87)(H2,74,75,89)/t41-,46+,47-,48+,49+,50-,51-,54?,58-/m1/s1. The quantitative estimate of drug-likeness (QED) is 0.0268. The van der Waals surface area contributed by atoms with Gasteiger partial charge in [0.05, 0.1) is 63.3 Å². The Morgan fingerprint density at radius 3 is 2.15 bits per heavy atom. The number of thioether (sulfide) groups is 1. The maximum atomic E-state index is 15.1. The Balaban J connectivity index is 0.924. The number of carbonyl (C=O) groups excluding carboxylic acids is 10. The molecular weight excluding hydrogens is 1220 g/mol. The van der Waals surface area contributed by atoms with E-state index in [0.717, 1.165) is 35.9 Å². The van der Waals surface area contributed by atoms with Gasteiger partial charge in [-0.15, -0.1) is 5.10 Å². The van der Waals surface area contributed by atoms with Gasteiger partial charge in [0.1, 0.15) is 36.6 Å². The van der Waals surface area contributed by atoms with E-state index < -0.39 is 109 Å². The number of fused-ring (bicyclic) bond motifs is 4. The molecule has 2 bridgehead atoms. The van der Waals surface area contributed by atoms with Gasteiger partial charge in [0, 0.05) is 86.0 Å². The van der Waals surface area contributed by atoms with E-state index in [0.29, 0.717) is 47.7 Å². The number of urea groups is 1. The van der Waals surface area contributed by atoms with Crippen molar-refractivity contribution in [2.24, 2.45) is 24.4 Å². The van der Waals surface area contributed by atoms with Crippen LogP contribution in [0.25, 0.3) is 10.9 Å². The van der Waals surface area contributed by atoms with E-state index in [1.165, 1.54) is 35.1 Å². The SMILES string of the molecule is Cn1cc(C[C@@H]2CC(=O)[C@@H](Cc3ccccc3)NC(=O)[C@@H](CC(N)=O)NC(=O)[C@@H](NC(=O)COCCOCCOCCNC(=O)CCCCC3SC[C@H]4NC(=O)N[C@@H]34)Cc3cn(nn3)CCCC[C@@H](C(N)=O)NC(=O)[C@H](Cc3ccc(F)cc3)NC2=O)c2ccccc21. The molecule has 5 aromatic rings. The second-order valence-corrected chi connectivity index (χ2v) is 24.8. The monoisotopic (exact) mass is 1310 g/mol. The highest BCUT2D eigenvalue weighted by Crippen LogP contribution is 2.33. The molecule has 0 saturated carbocycles. The first kappa shape index (κ1) is 70.1. The van der Waals surface area contributed by atoms with E-state index in [-0.39, 0.29) is 101 Å². The van der Waals surface area contributed by atoms with Crippen LogP contribution >= 0.6 is 11.8 Å². The number of aromatic nitrogens is 4. The predicted octanol–water partition coefficient (Wildman–Crippen LogP) is 0.615. The van der Waals surface area contributed by atoms with Crippen LogP contribution in [0.3, 0.4) is 0 Å². The number of Topliss-reactive ketones (excluding diaryl/α,β-unsaturated/α-hetero) is 1. The number of unbranched alkanes of at least 4 members (excludes halogenated alkanes) is 1. The normalized spacial score (nSPS) is 22.7. The first-order valence-electron chi connectivity index (χ1n) is 31.4. The minimum atomic E-state index is -1.70. The number of nitrogens with two attached hydrogens (primary N) is 2. The number of amides is 10. The van der Waals surface area contributed by atoms with Crippen molar-refractivity contribution in [3.8, 4) is 0 Å². The molecule has 0 spiro atoms. The minimum absolute atomic E-state index is 0.0240. The summed E-state index contributed by atoms with van der Waals surface area (Å²) in [5.41, 5.74) is 14.4. The number of halogens is 1. The highest BCUT2D eigenvalue weighted by atomic mass is 32.2. The molecular formula is C64H83FN14O13S. The van der Waals surface area contributed by atoms with Crippen molar-refractivity contribution in [1.82, 2.24) is 62.1 Å². The number of nitrogens with zero attached hydrogens (tertiary/aromatic N) is 4. The van der Waals surface area contributed by atoms with Gasteiger partial charge in [0.25, 0.3) is 0 Å². The lowest BCUT2D eigenvalue weighted by molar-refractivity contribution is -0.136. The van der Waals surface area contributed by atoms with Crippen molar-refractivity contribution in [3.63, 3.8) is 0 Å². The molecule has 0 radical (unpaired) electrons. The average Bonchev–Trinajstić information content (AvgIpc) is 1.74. The number of benzene rings is 3. The molecule has 0 aliphatic carbocycles. The Bertz CT molecular complexity index is 3390. The van der Waals surface area contributed by atoms with E-state index in [4.69, 9.17) is 25.7 Å². The van der Waals surface area contributed by atoms with Crippen LogP contribution in [-0.2, 0) is 96.6 Å². The summed E-state index contributed by atoms with van der Waals surface area (Å²) in [5, 5.41) is 31.7. The maximum absolute atomic E-state index is 15.1. The van der Waals surface area contributed by atoms with E-state index in [2.05, 4.69) is 52.8 Å². The topological polar surface area (TPSA) is 382 Å². The molecule has 500 valence electrons. The van der Waals surface area contributed by atoms with E-state index in [9.17, 15) is 47.5 Å². The van der Waals surface area contributed by atoms with Crippen molar-refractivity contribution in [2.75, 3.05) is 51.9 Å². The van der Waals surface area contributed by atoms with Gasteiger partial charge in [-0.25, -0.2) is 9.18 Å². The highest BCUT2D eigenvalue weighted by Gasteiger charge is 2.43. The lowest BCUT2D eigenvalue weighted by Gasteiger charge is -2.27. The minimum Gasteiger partial charge on any atom is -0.377 e. The van der Waals surface area contributed by atoms with Gasteiger partial charge in [-0.2, -0.15) is 11.8 Å². The second-order valence-electron chi connectivity index (χ2n) is 23.5. The van der Waals surface area contributed by atoms with Crippen LogP contribution in [0, 0.1) is 11.7 Å². The lowest BCUT2D eigenvalue weighted by atomic mass is 9.89. The van der Waals surface area contributed by atoms with Crippen molar-refractivity contribution in [1.29, 1.82) is 0 Å². The fourth-order valence-corrected chi connectivity index (χ4v) is 13.1. The highest BCUT2D eigenvalue weighted by molar-refractivity contribution is 8.00. The molecule has 8 rings (SSSR count). The van der Waals surface area contributed by atoms with Crippen LogP contribution in [0.4, 0.5) is 9.18 Å². The molecule has 2 saturated heterocycles. The zero-order valence-corrected chi connectivity index (χ0v) is 52.8. The molecule has 2 fully saturated rings. The molecule has 29 heteroatoms. The fraction of sp³-hybridized carbons (Fsp3) is 0.500. The molecule has 3 aliphatic rings. The summed E-state index contributed by atoms with van der Waals surface area (Å²) in [5.74, 6) is -7.58. The molecule has 3 aromatic carbocycles. The summed E-state index contributed by atoms with van der Waals surface area (Å²) in [6, 6.07) is 14.5. The molecule has 27 nitrogen and oxygen atoms in total. The maximum Gasteiger partial charge on any atom is 0.315 e. The smallest absolute Gasteiger partial charge is 0.315 e. The van der Waals surface area contributed by atoms with Crippen molar-refractivity contribution in [3.05, 3.63) is 119 Å². The van der Waals surface area contributed by atoms with Crippen LogP contribution in [0.5, 0.6) is 0 Å². The Kier molecular flexibility index (Phi) is 26.6. The third kappa shape index (κ3) is 21.9. The molecule has 12 N–H and O–H groups in total. The van der Waals surface area contributed by atoms with Crippen LogP contribution in [0.15, 0.2) is 91.3 Å². The van der Waals surface area contributed by atoms with Crippen LogP contribution in [0.1, 0.15) is 80.2 Å². The van der Waals surface area contributed by atoms with E-state index in [1.807, 2.05) is 53.8 Å². The summed E-state index contributed by atoms with van der Waals surface area (Å²) in [6.45, 7) is 0.796. The number of nitrogens with one attached hydrogen (secondary N) is 8. The number of hydrogen-bond acceptors (Lipinski definition) is 16. The number of carbonyl (C=O) groups is 10. The Morgan fingerprint density at radius 1 is 0.699 bits per heavy atom. The summed E-state index contributed by atoms with van der Waals surface area (Å²) < 4.78 is 34.2. The summed E-state index contributed by atoms with van der Waals surface area (Å²) in [4.78, 5) is 137. The number of hydrogen-bond donors (Lipinski definition) is 10. The lowest BCUT2D eigenvalue weighted by Crippen LogP contribution is -2.57. The van der Waals surface area contributed by atoms with Gasteiger partial charge in [-0.05, 0) is 79.8 Å². The first-order chi connectivity index (χ1) is 44.8. The molecule has 9 atom stereocenters. The Hall–Kier alpha value is -8.80. The third-order valence-electron chi connectivity index (χ3n) is 16.3. The first-order valence-corrected chi connectivity index (χ1v) is 32.4. The number of rotatable bonds is 26. The number of ketones is 1. The summed E-state index contributed by atoms with van der Waals surface area (Å²) in [7, 11) is 1.83. The molecule has 93 heavy (non-hydrogen) atoms. The van der Waals surface area contributed by atoms with E-state index >= 15 is 4.79 Å². The van der Waals surface area contributed by atoms with E-state index in [1.54, 1.807) is 30.3 Å². The number of primary amides is 2. The van der Waals surface area contributed by atoms with Crippen LogP contribution in [0.2, 0.25) is 0 Å². The number of para-hydroxylation sites is 1. The van der Waals surface area contributed by atoms with Crippen molar-refractivity contribution < 1.29 is 66.5 Å². The molecule has 3 aliphatic heterocycles. The summed E-state index contributed by atoms with van der Waals surface area (Å²) in [6.07, 6.45) is 5.24. The fourth-order valence-electron chi connectivity index (χ4n) is 11.5. The van der Waals surface area contributed by atoms with Gasteiger partial charge in [-0.3, -0.25) is 47.8 Å². The van der Waals surface area contributed by atoms with Gasteiger partial charge in [-0.1, -0.05) is 72.3 Å². The van der Waals surface area contributed by atoms with Gasteiger partial charge >= 0.3 is 6.03 Å². The molecule has 2 aromatic heterocycles. The van der Waals surface area contributed by atoms with Crippen LogP contribution < -0.4 is 54.0 Å². The zero-order valence-electron chi connectivity index (χ0n) is 51.9. The number of ether oxygens (including phenoxy) is 3. The van der Waals surface area contributed by atoms with Gasteiger partial charge < -0.3 is 72.8 Å². The largest absolute Gasteiger partial charge is 0.377 e. The van der Waals surface area contributed by atoms with Gasteiger partial charge in [0.2, 0.25) is 47.3 Å². The average molecular weight is 1310 g/mol. The Labute approximate surface area is 541 Å². The summed E-state index contributed by atoms with van der Waals surface area (Å²) >= 11 is 1.85. The van der Waals surface area contributed by atoms with Crippen LogP contribution in [-0.4, -0.2) is 178 Å². The van der Waals surface area contributed by atoms with Gasteiger partial charge in [0.15, 0.2) is 5.78 Å². The number of aryl methyl sites for hydroxylation is 2.